The molecule has 0 N–H and O–H groups in total. The van der Waals surface area contributed by atoms with E-state index >= 15 is 0 Å². The Kier molecular flexibility index (Phi) is 5.26. The van der Waals surface area contributed by atoms with E-state index in [1.807, 2.05) is 0 Å². The van der Waals surface area contributed by atoms with Gasteiger partial charge in [-0.1, -0.05) is 0 Å². The van der Waals surface area contributed by atoms with Gasteiger partial charge in [-0.3, -0.25) is 14.8 Å². The predicted molar refractivity (Wildman–Crippen MR) is 73.4 cm³/mol. The number of carbonyl (C=O) groups excluding carboxylic acids is 1. The van der Waals surface area contributed by atoms with Crippen molar-refractivity contribution in [1.82, 2.24) is 9.78 Å². The number of ether oxygens (including phenoxy) is 2. The molecule has 2 rings (SSSR count). The van der Waals surface area contributed by atoms with Gasteiger partial charge in [0.2, 0.25) is 0 Å². The summed E-state index contributed by atoms with van der Waals surface area (Å²) < 4.78 is 12.1. The van der Waals surface area contributed by atoms with E-state index in [4.69, 9.17) is 9.47 Å². The first-order valence-corrected chi connectivity index (χ1v) is 6.98. The van der Waals surface area contributed by atoms with Crippen LogP contribution in [0.4, 0.5) is 5.69 Å². The summed E-state index contributed by atoms with van der Waals surface area (Å²) in [7, 11) is 1.70. The van der Waals surface area contributed by atoms with Gasteiger partial charge in [0.1, 0.15) is 12.5 Å². The summed E-state index contributed by atoms with van der Waals surface area (Å²) >= 11 is 0. The van der Waals surface area contributed by atoms with E-state index in [2.05, 4.69) is 5.10 Å². The first kappa shape index (κ1) is 15.4. The molecule has 0 aliphatic heterocycles. The molecule has 0 aromatic carbocycles. The van der Waals surface area contributed by atoms with E-state index in [1.54, 1.807) is 11.8 Å². The second-order valence-electron chi connectivity index (χ2n) is 5.03. The highest BCUT2D eigenvalue weighted by molar-refractivity contribution is 5.49. The molecule has 8 heteroatoms. The number of aldehydes is 1. The minimum atomic E-state index is -0.513. The van der Waals surface area contributed by atoms with Crippen LogP contribution in [-0.2, 0) is 9.53 Å². The van der Waals surface area contributed by atoms with Gasteiger partial charge in [0.25, 0.3) is 0 Å². The Balaban J connectivity index is 2.08. The normalized spacial score (nSPS) is 22.0. The molecule has 0 unspecified atom stereocenters. The first-order chi connectivity index (χ1) is 10.2. The molecule has 0 amide bonds. The van der Waals surface area contributed by atoms with Crippen LogP contribution in [0.1, 0.15) is 38.1 Å². The summed E-state index contributed by atoms with van der Waals surface area (Å²) in [5.41, 5.74) is -0.158. The highest BCUT2D eigenvalue weighted by Crippen LogP contribution is 2.33. The fourth-order valence-corrected chi connectivity index (χ4v) is 2.53. The molecule has 1 aromatic heterocycles. The maximum Gasteiger partial charge on any atom is 0.350 e. The molecule has 1 aliphatic rings. The molecule has 1 fully saturated rings. The number of methoxy groups -OCH3 is 1. The van der Waals surface area contributed by atoms with Crippen LogP contribution in [0.3, 0.4) is 0 Å². The van der Waals surface area contributed by atoms with E-state index < -0.39 is 4.92 Å². The molecular formula is C13H19N3O5. The molecule has 0 spiro atoms. The van der Waals surface area contributed by atoms with Crippen LogP contribution < -0.4 is 4.74 Å². The fraction of sp³-hybridized carbons (Fsp3) is 0.692. The summed E-state index contributed by atoms with van der Waals surface area (Å²) in [6, 6.07) is 0.124. The number of aromatic nitrogens is 2. The lowest BCUT2D eigenvalue weighted by atomic mass is 9.93. The summed E-state index contributed by atoms with van der Waals surface area (Å²) in [5.74, 6) is -0.0179. The Morgan fingerprint density at radius 2 is 2.19 bits per heavy atom. The van der Waals surface area contributed by atoms with Crippen molar-refractivity contribution in [2.45, 2.75) is 44.2 Å². The molecule has 8 nitrogen and oxygen atoms in total. The Morgan fingerprint density at radius 3 is 2.76 bits per heavy atom. The van der Waals surface area contributed by atoms with Gasteiger partial charge in [-0.25, -0.2) is 0 Å². The van der Waals surface area contributed by atoms with Gasteiger partial charge in [0.15, 0.2) is 0 Å². The quantitative estimate of drug-likeness (QED) is 0.330. The van der Waals surface area contributed by atoms with Crippen LogP contribution in [-0.4, -0.2) is 40.8 Å². The van der Waals surface area contributed by atoms with E-state index in [0.717, 1.165) is 25.7 Å². The zero-order chi connectivity index (χ0) is 15.2. The minimum absolute atomic E-state index is 0.0179. The molecule has 1 aromatic rings. The molecular weight excluding hydrogens is 278 g/mol. The Bertz CT molecular complexity index is 494. The summed E-state index contributed by atoms with van der Waals surface area (Å²) in [6.45, 7) is 0.0950. The largest absolute Gasteiger partial charge is 0.471 e. The molecule has 21 heavy (non-hydrogen) atoms. The molecule has 1 saturated carbocycles. The van der Waals surface area contributed by atoms with Crippen molar-refractivity contribution in [3.63, 3.8) is 0 Å². The van der Waals surface area contributed by atoms with E-state index in [1.165, 1.54) is 6.20 Å². The number of hydrogen-bond donors (Lipinski definition) is 0. The summed E-state index contributed by atoms with van der Waals surface area (Å²) in [4.78, 5) is 20.8. The van der Waals surface area contributed by atoms with Crippen LogP contribution in [0.2, 0.25) is 0 Å². The van der Waals surface area contributed by atoms with Crippen molar-refractivity contribution in [2.75, 3.05) is 13.7 Å². The molecule has 0 radical (unpaired) electrons. The molecule has 1 heterocycles. The third-order valence-electron chi connectivity index (χ3n) is 3.70. The van der Waals surface area contributed by atoms with Crippen LogP contribution in [0.5, 0.6) is 5.88 Å². The van der Waals surface area contributed by atoms with E-state index in [0.29, 0.717) is 6.29 Å². The maximum absolute atomic E-state index is 11.0. The lowest BCUT2D eigenvalue weighted by Crippen LogP contribution is -2.23. The zero-order valence-corrected chi connectivity index (χ0v) is 11.9. The topological polar surface area (TPSA) is 96.5 Å². The van der Waals surface area contributed by atoms with Gasteiger partial charge >= 0.3 is 11.6 Å². The van der Waals surface area contributed by atoms with Crippen molar-refractivity contribution < 1.29 is 19.2 Å². The fourth-order valence-electron chi connectivity index (χ4n) is 2.53. The highest BCUT2D eigenvalue weighted by atomic mass is 16.6. The smallest absolute Gasteiger partial charge is 0.350 e. The molecule has 116 valence electrons. The van der Waals surface area contributed by atoms with Gasteiger partial charge in [-0.2, -0.15) is 0 Å². The number of hydrogen-bond acceptors (Lipinski definition) is 6. The average Bonchev–Trinajstić information content (AvgIpc) is 2.92. The SMILES string of the molecule is COC1CCC(n2cc([N+](=O)[O-])c(OCCC=O)n2)CC1. The second kappa shape index (κ2) is 7.16. The molecule has 0 saturated heterocycles. The van der Waals surface area contributed by atoms with Gasteiger partial charge in [-0.05, 0) is 25.7 Å². The number of nitrogens with zero attached hydrogens (tertiary/aromatic N) is 3. The molecule has 0 atom stereocenters. The van der Waals surface area contributed by atoms with E-state index in [9.17, 15) is 14.9 Å². The summed E-state index contributed by atoms with van der Waals surface area (Å²) in [6.07, 6.45) is 6.11. The van der Waals surface area contributed by atoms with E-state index in [-0.39, 0.29) is 36.7 Å². The van der Waals surface area contributed by atoms with Crippen LogP contribution in [0.25, 0.3) is 0 Å². The minimum Gasteiger partial charge on any atom is -0.471 e. The highest BCUT2D eigenvalue weighted by Gasteiger charge is 2.27. The second-order valence-corrected chi connectivity index (χ2v) is 5.03. The summed E-state index contributed by atoms with van der Waals surface area (Å²) in [5, 5.41) is 15.2. The Hall–Kier alpha value is -1.96. The number of rotatable bonds is 7. The van der Waals surface area contributed by atoms with Crippen molar-refractivity contribution in [3.8, 4) is 5.88 Å². The molecule has 1 aliphatic carbocycles. The first-order valence-electron chi connectivity index (χ1n) is 6.98. The zero-order valence-electron chi connectivity index (χ0n) is 11.9. The van der Waals surface area contributed by atoms with Crippen molar-refractivity contribution in [2.24, 2.45) is 0 Å². The lowest BCUT2D eigenvalue weighted by molar-refractivity contribution is -0.386. The van der Waals surface area contributed by atoms with Gasteiger partial charge in [-0.15, -0.1) is 5.10 Å². The van der Waals surface area contributed by atoms with Crippen LogP contribution >= 0.6 is 0 Å². The van der Waals surface area contributed by atoms with Crippen LogP contribution in [0.15, 0.2) is 6.20 Å². The van der Waals surface area contributed by atoms with Crippen molar-refractivity contribution >= 4 is 12.0 Å². The third-order valence-corrected chi connectivity index (χ3v) is 3.70. The standard InChI is InChI=1S/C13H19N3O5/c1-20-11-5-3-10(4-6-11)15-9-12(16(18)19)13(14-15)21-8-2-7-17/h7,9-11H,2-6,8H2,1H3. The number of carbonyl (C=O) groups is 1. The molecule has 0 bridgehead atoms. The maximum atomic E-state index is 11.0. The van der Waals surface area contributed by atoms with Gasteiger partial charge < -0.3 is 14.3 Å². The van der Waals surface area contributed by atoms with Crippen LogP contribution in [0, 0.1) is 10.1 Å². The van der Waals surface area contributed by atoms with Gasteiger partial charge in [0.05, 0.1) is 23.7 Å². The predicted octanol–water partition coefficient (Wildman–Crippen LogP) is 1.89. The Labute approximate surface area is 122 Å². The monoisotopic (exact) mass is 297 g/mol. The Morgan fingerprint density at radius 1 is 1.48 bits per heavy atom. The average molecular weight is 297 g/mol. The van der Waals surface area contributed by atoms with Gasteiger partial charge in [0, 0.05) is 13.5 Å². The van der Waals surface area contributed by atoms with Crippen molar-refractivity contribution in [1.29, 1.82) is 0 Å². The lowest BCUT2D eigenvalue weighted by Gasteiger charge is -2.27. The third kappa shape index (κ3) is 3.78. The number of nitro groups is 1. The van der Waals surface area contributed by atoms with Crippen molar-refractivity contribution in [3.05, 3.63) is 16.3 Å².